The summed E-state index contributed by atoms with van der Waals surface area (Å²) in [7, 11) is 1.94. The molecule has 1 atom stereocenters. The maximum Gasteiger partial charge on any atom is 0.328 e. The highest BCUT2D eigenvalue weighted by molar-refractivity contribution is 5.85. The highest BCUT2D eigenvalue weighted by Gasteiger charge is 2.29. The fraction of sp³-hybridized carbons (Fsp3) is 0.172. The first-order valence-electron chi connectivity index (χ1n) is 11.4. The maximum atomic E-state index is 10.9. The second-order valence-corrected chi connectivity index (χ2v) is 8.84. The summed E-state index contributed by atoms with van der Waals surface area (Å²) in [6.07, 6.45) is 7.71. The smallest absolute Gasteiger partial charge is 0.328 e. The zero-order valence-corrected chi connectivity index (χ0v) is 19.3. The van der Waals surface area contributed by atoms with Crippen LogP contribution in [-0.2, 0) is 18.3 Å². The number of carboxylic acid groups (broad SMARTS) is 1. The van der Waals surface area contributed by atoms with E-state index in [1.165, 1.54) is 39.6 Å². The number of anilines is 1. The van der Waals surface area contributed by atoms with Crippen LogP contribution in [0, 0.1) is 6.92 Å². The van der Waals surface area contributed by atoms with Crippen LogP contribution in [0.2, 0.25) is 0 Å². The van der Waals surface area contributed by atoms with Gasteiger partial charge < -0.3 is 10.0 Å². The first kappa shape index (κ1) is 21.7. The molecule has 1 N–H and O–H groups in total. The quantitative estimate of drug-likeness (QED) is 0.400. The minimum absolute atomic E-state index is 0.0758. The average molecular weight is 450 g/mol. The van der Waals surface area contributed by atoms with Crippen LogP contribution in [0.3, 0.4) is 0 Å². The summed E-state index contributed by atoms with van der Waals surface area (Å²) in [5.41, 5.74) is 9.46. The SMILES string of the molecule is Cc1ccc(N2CCc3cc(-c4cnn(C)c4)ccc3C2c2ccc(/C=C/C(=O)O)cc2)cc1. The van der Waals surface area contributed by atoms with E-state index in [2.05, 4.69) is 71.5 Å². The van der Waals surface area contributed by atoms with Crippen molar-refractivity contribution in [2.24, 2.45) is 7.05 Å². The maximum absolute atomic E-state index is 10.9. The van der Waals surface area contributed by atoms with Gasteiger partial charge in [0.25, 0.3) is 0 Å². The van der Waals surface area contributed by atoms with E-state index in [4.69, 9.17) is 5.11 Å². The van der Waals surface area contributed by atoms with E-state index in [1.54, 1.807) is 6.08 Å². The van der Waals surface area contributed by atoms with Crippen molar-refractivity contribution in [3.63, 3.8) is 0 Å². The topological polar surface area (TPSA) is 58.4 Å². The van der Waals surface area contributed by atoms with Gasteiger partial charge in [0.05, 0.1) is 12.2 Å². The van der Waals surface area contributed by atoms with Gasteiger partial charge in [-0.3, -0.25) is 4.68 Å². The standard InChI is InChI=1S/C29H27N3O2/c1-20-3-11-26(12-4-20)32-16-15-24-17-23(25-18-30-31(2)19-25)10-13-27(24)29(32)22-8-5-21(6-9-22)7-14-28(33)34/h3-14,17-19,29H,15-16H2,1-2H3,(H,33,34)/b14-7+. The molecular weight excluding hydrogens is 422 g/mol. The van der Waals surface area contributed by atoms with Crippen LogP contribution < -0.4 is 4.90 Å². The Kier molecular flexibility index (Phi) is 5.76. The third-order valence-corrected chi connectivity index (χ3v) is 6.45. The number of aryl methyl sites for hydroxylation is 2. The van der Waals surface area contributed by atoms with Crippen molar-refractivity contribution in [2.75, 3.05) is 11.4 Å². The molecule has 1 aliphatic rings. The minimum Gasteiger partial charge on any atom is -0.478 e. The molecule has 1 aromatic heterocycles. The summed E-state index contributed by atoms with van der Waals surface area (Å²) in [5.74, 6) is -0.944. The predicted molar refractivity (Wildman–Crippen MR) is 136 cm³/mol. The highest BCUT2D eigenvalue weighted by Crippen LogP contribution is 2.40. The third kappa shape index (κ3) is 4.37. The molecule has 34 heavy (non-hydrogen) atoms. The molecule has 0 saturated heterocycles. The van der Waals surface area contributed by atoms with Crippen molar-refractivity contribution >= 4 is 17.7 Å². The fourth-order valence-corrected chi connectivity index (χ4v) is 4.71. The Labute approximate surface area is 199 Å². The molecule has 1 unspecified atom stereocenters. The third-order valence-electron chi connectivity index (χ3n) is 6.45. The molecule has 5 heteroatoms. The Morgan fingerprint density at radius 2 is 1.79 bits per heavy atom. The number of aromatic nitrogens is 2. The summed E-state index contributed by atoms with van der Waals surface area (Å²) in [5, 5.41) is 13.3. The van der Waals surface area contributed by atoms with E-state index in [1.807, 2.05) is 36.3 Å². The summed E-state index contributed by atoms with van der Waals surface area (Å²) in [4.78, 5) is 13.3. The van der Waals surface area contributed by atoms with E-state index in [9.17, 15) is 4.79 Å². The van der Waals surface area contributed by atoms with E-state index in [-0.39, 0.29) is 6.04 Å². The number of benzene rings is 3. The lowest BCUT2D eigenvalue weighted by atomic mass is 9.86. The molecular formula is C29H27N3O2. The van der Waals surface area contributed by atoms with Gasteiger partial charge in [-0.05, 0) is 59.4 Å². The number of hydrogen-bond acceptors (Lipinski definition) is 3. The lowest BCUT2D eigenvalue weighted by Gasteiger charge is -2.40. The first-order valence-corrected chi connectivity index (χ1v) is 11.4. The Balaban J connectivity index is 1.57. The van der Waals surface area contributed by atoms with Gasteiger partial charge in [-0.25, -0.2) is 4.79 Å². The molecule has 5 rings (SSSR count). The zero-order valence-electron chi connectivity index (χ0n) is 19.3. The van der Waals surface area contributed by atoms with Crippen LogP contribution in [0.1, 0.15) is 33.9 Å². The molecule has 1 aliphatic heterocycles. The van der Waals surface area contributed by atoms with Crippen LogP contribution in [0.25, 0.3) is 17.2 Å². The van der Waals surface area contributed by atoms with E-state index in [0.717, 1.165) is 24.1 Å². The van der Waals surface area contributed by atoms with E-state index in [0.29, 0.717) is 0 Å². The molecule has 0 amide bonds. The lowest BCUT2D eigenvalue weighted by molar-refractivity contribution is -0.131. The van der Waals surface area contributed by atoms with Gasteiger partial charge in [0, 0.05) is 37.1 Å². The Morgan fingerprint density at radius 3 is 2.47 bits per heavy atom. The number of rotatable bonds is 5. The number of aliphatic carboxylic acids is 1. The van der Waals surface area contributed by atoms with Crippen molar-refractivity contribution in [3.05, 3.63) is 113 Å². The number of hydrogen-bond donors (Lipinski definition) is 1. The second kappa shape index (κ2) is 9.02. The normalized spacial score (nSPS) is 15.5. The molecule has 170 valence electrons. The number of nitrogens with zero attached hydrogens (tertiary/aromatic N) is 3. The van der Waals surface area contributed by atoms with Crippen LogP contribution in [0.5, 0.6) is 0 Å². The number of fused-ring (bicyclic) bond motifs is 1. The summed E-state index contributed by atoms with van der Waals surface area (Å²) in [6.45, 7) is 3.02. The lowest BCUT2D eigenvalue weighted by Crippen LogP contribution is -2.36. The first-order chi connectivity index (χ1) is 16.5. The van der Waals surface area contributed by atoms with Crippen molar-refractivity contribution in [1.29, 1.82) is 0 Å². The number of carbonyl (C=O) groups is 1. The second-order valence-electron chi connectivity index (χ2n) is 8.84. The molecule has 0 aliphatic carbocycles. The molecule has 4 aromatic rings. The Bertz CT molecular complexity index is 1350. The molecule has 3 aromatic carbocycles. The largest absolute Gasteiger partial charge is 0.478 e. The van der Waals surface area contributed by atoms with Gasteiger partial charge in [-0.15, -0.1) is 0 Å². The summed E-state index contributed by atoms with van der Waals surface area (Å²) < 4.78 is 1.83. The van der Waals surface area contributed by atoms with E-state index < -0.39 is 5.97 Å². The molecule has 5 nitrogen and oxygen atoms in total. The predicted octanol–water partition coefficient (Wildman–Crippen LogP) is 5.65. The molecule has 2 heterocycles. The molecule has 0 spiro atoms. The van der Waals surface area contributed by atoms with Gasteiger partial charge >= 0.3 is 5.97 Å². The minimum atomic E-state index is -0.944. The Morgan fingerprint density at radius 1 is 1.03 bits per heavy atom. The monoisotopic (exact) mass is 449 g/mol. The number of carboxylic acids is 1. The van der Waals surface area contributed by atoms with Crippen molar-refractivity contribution < 1.29 is 9.90 Å². The van der Waals surface area contributed by atoms with Crippen molar-refractivity contribution in [2.45, 2.75) is 19.4 Å². The van der Waals surface area contributed by atoms with Gasteiger partial charge in [0.1, 0.15) is 0 Å². The molecule has 0 radical (unpaired) electrons. The summed E-state index contributed by atoms with van der Waals surface area (Å²) in [6, 6.07) is 23.7. The molecule has 0 bridgehead atoms. The van der Waals surface area contributed by atoms with Gasteiger partial charge in [0.2, 0.25) is 0 Å². The summed E-state index contributed by atoms with van der Waals surface area (Å²) >= 11 is 0. The van der Waals surface area contributed by atoms with Crippen LogP contribution in [0.15, 0.2) is 85.2 Å². The van der Waals surface area contributed by atoms with E-state index >= 15 is 0 Å². The highest BCUT2D eigenvalue weighted by atomic mass is 16.4. The van der Waals surface area contributed by atoms with Crippen molar-refractivity contribution in [1.82, 2.24) is 9.78 Å². The van der Waals surface area contributed by atoms with Gasteiger partial charge in [-0.2, -0.15) is 5.10 Å². The Hall–Kier alpha value is -4.12. The van der Waals surface area contributed by atoms with Crippen LogP contribution >= 0.6 is 0 Å². The van der Waals surface area contributed by atoms with Gasteiger partial charge in [-0.1, -0.05) is 60.2 Å². The molecule has 0 fully saturated rings. The van der Waals surface area contributed by atoms with Crippen LogP contribution in [-0.4, -0.2) is 27.4 Å². The fourth-order valence-electron chi connectivity index (χ4n) is 4.71. The average Bonchev–Trinajstić information content (AvgIpc) is 3.29. The van der Waals surface area contributed by atoms with Gasteiger partial charge in [0.15, 0.2) is 0 Å². The van der Waals surface area contributed by atoms with Crippen LogP contribution in [0.4, 0.5) is 5.69 Å². The van der Waals surface area contributed by atoms with Crippen molar-refractivity contribution in [3.8, 4) is 11.1 Å². The zero-order chi connectivity index (χ0) is 23.7. The molecule has 0 saturated carbocycles.